The number of pyridine rings is 1. The summed E-state index contributed by atoms with van der Waals surface area (Å²) in [5, 5.41) is 0. The smallest absolute Gasteiger partial charge is 0.0950 e. The van der Waals surface area contributed by atoms with E-state index >= 15 is 0 Å². The summed E-state index contributed by atoms with van der Waals surface area (Å²) in [4.78, 5) is 0. The van der Waals surface area contributed by atoms with Gasteiger partial charge in [-0.2, -0.15) is 0 Å². The van der Waals surface area contributed by atoms with Crippen molar-refractivity contribution < 1.29 is 4.68 Å². The maximum absolute atomic E-state index is 4.74. The summed E-state index contributed by atoms with van der Waals surface area (Å²) in [6.07, 6.45) is 7.80. The maximum Gasteiger partial charge on any atom is 0.279 e. The van der Waals surface area contributed by atoms with Crippen molar-refractivity contribution in [3.8, 4) is 22.4 Å². The normalized spacial score (nSPS) is 20.6. The van der Waals surface area contributed by atoms with Crippen LogP contribution in [0.2, 0.25) is 0 Å². The van der Waals surface area contributed by atoms with E-state index in [1.54, 1.807) is 0 Å². The first-order valence-corrected chi connectivity index (χ1v) is 15.8. The number of rotatable bonds is 1. The van der Waals surface area contributed by atoms with Crippen LogP contribution in [0.3, 0.4) is 0 Å². The number of hydrogen-bond donors (Lipinski definition) is 0. The first-order valence-electron chi connectivity index (χ1n) is 15.8. The van der Waals surface area contributed by atoms with Gasteiger partial charge in [-0.25, -0.2) is 0 Å². The minimum absolute atomic E-state index is 0.434. The van der Waals surface area contributed by atoms with Crippen LogP contribution in [0.1, 0.15) is 59.2 Å². The average Bonchev–Trinajstić information content (AvgIpc) is 3.45. The number of aryl methyl sites for hydroxylation is 2. The van der Waals surface area contributed by atoms with Gasteiger partial charge in [0.05, 0.1) is 5.41 Å². The van der Waals surface area contributed by atoms with Gasteiger partial charge in [0.2, 0.25) is 17.6 Å². The second-order valence-corrected chi connectivity index (χ2v) is 13.1. The quantitative estimate of drug-likeness (QED) is 0.137. The summed E-state index contributed by atoms with van der Waals surface area (Å²) in [7, 11) is 0. The van der Waals surface area contributed by atoms with Gasteiger partial charge >= 0.3 is 0 Å². The minimum atomic E-state index is -0.434. The van der Waals surface area contributed by atoms with Crippen LogP contribution in [0.5, 0.6) is 0 Å². The predicted octanol–water partition coefficient (Wildman–Crippen LogP) is 9.66. The van der Waals surface area contributed by atoms with Crippen LogP contribution in [0, 0.1) is 13.8 Å². The zero-order chi connectivity index (χ0) is 30.0. The van der Waals surface area contributed by atoms with Crippen molar-refractivity contribution in [3.05, 3.63) is 166 Å². The molecule has 1 atom stereocenters. The SMILES string of the molecule is C=C1CC[N+]23c4c(cc(C)cc4C4(c5ccccc5-c5ccccc54)c4cc(C)cc(c42)-c2cccc[n+]23)/C1=C/C(C)=C\C. The molecular formula is C42H36N2+2. The lowest BCUT2D eigenvalue weighted by atomic mass is 9.63. The Morgan fingerprint density at radius 1 is 0.750 bits per heavy atom. The molecule has 0 N–H and O–H groups in total. The van der Waals surface area contributed by atoms with Crippen molar-refractivity contribution in [2.75, 3.05) is 6.54 Å². The van der Waals surface area contributed by atoms with Crippen molar-refractivity contribution in [3.63, 3.8) is 0 Å². The largest absolute Gasteiger partial charge is 0.279 e. The molecule has 9 rings (SSSR count). The first-order chi connectivity index (χ1) is 21.4. The molecule has 0 amide bonds. The number of aromatic nitrogens is 1. The van der Waals surface area contributed by atoms with E-state index < -0.39 is 5.41 Å². The molecule has 4 aliphatic rings. The highest BCUT2D eigenvalue weighted by atomic mass is 15.7. The monoisotopic (exact) mass is 568 g/mol. The van der Waals surface area contributed by atoms with E-state index in [2.05, 4.69) is 142 Å². The highest BCUT2D eigenvalue weighted by molar-refractivity contribution is 6.00. The molecule has 0 radical (unpaired) electrons. The van der Waals surface area contributed by atoms with Gasteiger partial charge in [0.15, 0.2) is 0 Å². The van der Waals surface area contributed by atoms with E-state index in [1.807, 2.05) is 0 Å². The van der Waals surface area contributed by atoms with Gasteiger partial charge < -0.3 is 0 Å². The lowest BCUT2D eigenvalue weighted by molar-refractivity contribution is -0.780. The molecule has 1 aromatic heterocycles. The molecule has 0 bridgehead atoms. The lowest BCUT2D eigenvalue weighted by Crippen LogP contribution is -2.69. The Balaban J connectivity index is 1.58. The molecule has 0 saturated heterocycles. The van der Waals surface area contributed by atoms with Crippen molar-refractivity contribution in [2.24, 2.45) is 0 Å². The fourth-order valence-electron chi connectivity index (χ4n) is 9.00. The Hall–Kier alpha value is -4.79. The van der Waals surface area contributed by atoms with Crippen molar-refractivity contribution >= 4 is 16.9 Å². The molecule has 0 saturated carbocycles. The van der Waals surface area contributed by atoms with Crippen molar-refractivity contribution in [1.82, 2.24) is 4.59 Å². The number of quaternary nitrogens is 1. The van der Waals surface area contributed by atoms with E-state index in [1.165, 1.54) is 89.4 Å². The second kappa shape index (κ2) is 8.65. The standard InChI is InChI=1S/C42H36N2/c1-6-26(2)21-32-29(5)18-20-44-40-33(32)22-27(3)24-37(40)42(35-15-9-7-13-30(35)31-14-8-10-16-36(31)42)38-25-28(4)23-34(41(38)44)39-17-11-12-19-43(39)44/h6-17,19,21-25H,5,18,20H2,1-4H3/q+2/b26-6-,32-21+. The summed E-state index contributed by atoms with van der Waals surface area (Å²) in [6.45, 7) is 14.5. The molecule has 44 heavy (non-hydrogen) atoms. The van der Waals surface area contributed by atoms with Gasteiger partial charge in [-0.15, -0.1) is 0 Å². The fraction of sp³-hybridized carbons (Fsp3) is 0.167. The second-order valence-electron chi connectivity index (χ2n) is 13.1. The number of hydrogen-bond acceptors (Lipinski definition) is 0. The molecule has 2 nitrogen and oxygen atoms in total. The van der Waals surface area contributed by atoms with Gasteiger partial charge in [0, 0.05) is 35.2 Å². The van der Waals surface area contributed by atoms with Crippen LogP contribution >= 0.6 is 0 Å². The van der Waals surface area contributed by atoms with Gasteiger partial charge in [-0.3, -0.25) is 0 Å². The highest BCUT2D eigenvalue weighted by Crippen LogP contribution is 2.68. The number of benzene rings is 4. The van der Waals surface area contributed by atoms with E-state index in [-0.39, 0.29) is 0 Å². The maximum atomic E-state index is 4.74. The van der Waals surface area contributed by atoms with E-state index in [9.17, 15) is 0 Å². The molecule has 0 fully saturated rings. The van der Waals surface area contributed by atoms with Crippen LogP contribution in [0.25, 0.3) is 28.0 Å². The first kappa shape index (κ1) is 25.7. The van der Waals surface area contributed by atoms with Gasteiger partial charge in [-0.05, 0) is 112 Å². The molecule has 2 heteroatoms. The zero-order valence-corrected chi connectivity index (χ0v) is 25.9. The Kier molecular flexibility index (Phi) is 5.05. The Bertz CT molecular complexity index is 2150. The third kappa shape index (κ3) is 2.88. The Morgan fingerprint density at radius 3 is 2.00 bits per heavy atom. The molecule has 4 heterocycles. The van der Waals surface area contributed by atoms with Crippen LogP contribution in [-0.4, -0.2) is 6.54 Å². The summed E-state index contributed by atoms with van der Waals surface area (Å²) < 4.78 is 3.23. The summed E-state index contributed by atoms with van der Waals surface area (Å²) in [6, 6.07) is 34.9. The van der Waals surface area contributed by atoms with E-state index in [0.29, 0.717) is 4.59 Å². The average molecular weight is 569 g/mol. The van der Waals surface area contributed by atoms with Crippen LogP contribution in [0.4, 0.5) is 11.4 Å². The molecule has 1 unspecified atom stereocenters. The van der Waals surface area contributed by atoms with Crippen molar-refractivity contribution in [2.45, 2.75) is 39.5 Å². The van der Waals surface area contributed by atoms with E-state index in [4.69, 9.17) is 6.58 Å². The zero-order valence-electron chi connectivity index (χ0n) is 25.9. The minimum Gasteiger partial charge on any atom is -0.0950 e. The van der Waals surface area contributed by atoms with Crippen molar-refractivity contribution in [1.29, 1.82) is 0 Å². The molecule has 4 aromatic carbocycles. The predicted molar refractivity (Wildman–Crippen MR) is 182 cm³/mol. The third-order valence-electron chi connectivity index (χ3n) is 10.7. The lowest BCUT2D eigenvalue weighted by Gasteiger charge is -2.43. The van der Waals surface area contributed by atoms with E-state index in [0.717, 1.165) is 13.0 Å². The fourth-order valence-corrected chi connectivity index (χ4v) is 9.00. The molecule has 2 spiro atoms. The van der Waals surface area contributed by atoms with Crippen LogP contribution in [0.15, 0.2) is 127 Å². The third-order valence-corrected chi connectivity index (χ3v) is 10.7. The highest BCUT2D eigenvalue weighted by Gasteiger charge is 2.67. The number of fused-ring (bicyclic) bond motifs is 9. The summed E-state index contributed by atoms with van der Waals surface area (Å²) in [5.41, 5.74) is 20.9. The molecule has 212 valence electrons. The molecule has 1 aliphatic carbocycles. The Labute approximate surface area is 260 Å². The van der Waals surface area contributed by atoms with Gasteiger partial charge in [-0.1, -0.05) is 72.8 Å². The number of nitrogens with zero attached hydrogens (tertiary/aromatic N) is 2. The number of allylic oxidation sites excluding steroid dienone is 4. The Morgan fingerprint density at radius 2 is 1.34 bits per heavy atom. The van der Waals surface area contributed by atoms with Crippen LogP contribution < -0.4 is 9.27 Å². The van der Waals surface area contributed by atoms with Crippen LogP contribution in [-0.2, 0) is 5.41 Å². The summed E-state index contributed by atoms with van der Waals surface area (Å²) in [5.74, 6) is 0. The topological polar surface area (TPSA) is 3.88 Å². The molecule has 3 aliphatic heterocycles. The van der Waals surface area contributed by atoms with Gasteiger partial charge in [0.25, 0.3) is 5.69 Å². The molecular weight excluding hydrogens is 532 g/mol. The summed E-state index contributed by atoms with van der Waals surface area (Å²) >= 11 is 0. The van der Waals surface area contributed by atoms with Gasteiger partial charge in [0.1, 0.15) is 12.1 Å². The molecule has 5 aromatic rings.